The van der Waals surface area contributed by atoms with Crippen molar-refractivity contribution in [3.63, 3.8) is 0 Å². The van der Waals surface area contributed by atoms with Crippen LogP contribution in [-0.4, -0.2) is 84.3 Å². The molecular weight excluding hydrogens is 525 g/mol. The molecule has 0 saturated carbocycles. The smallest absolute Gasteiger partial charge is 0.246 e. The van der Waals surface area contributed by atoms with Gasteiger partial charge in [0.05, 0.1) is 42.1 Å². The number of likely N-dealkylation sites (N-methyl/N-ethyl adjacent to an activating group) is 1. The molecule has 2 aromatic rings. The number of carbonyl (C=O) groups is 1. The van der Waals surface area contributed by atoms with Crippen molar-refractivity contribution in [3.8, 4) is 23.8 Å². The number of phenols is 1. The zero-order valence-corrected chi connectivity index (χ0v) is 23.2. The van der Waals surface area contributed by atoms with Gasteiger partial charge in [0.25, 0.3) is 0 Å². The fraction of sp³-hybridized carbons (Fsp3) is 0.467. The first-order valence-electron chi connectivity index (χ1n) is 13.9. The Balaban J connectivity index is 1.54. The van der Waals surface area contributed by atoms with Crippen molar-refractivity contribution in [1.29, 1.82) is 10.5 Å². The number of benzene rings is 1. The molecule has 4 heterocycles. The van der Waals surface area contributed by atoms with Crippen molar-refractivity contribution >= 4 is 17.3 Å². The maximum Gasteiger partial charge on any atom is 0.246 e. The number of likely N-dealkylation sites (tertiary alicyclic amines) is 1. The van der Waals surface area contributed by atoms with E-state index in [1.807, 2.05) is 4.90 Å². The van der Waals surface area contributed by atoms with E-state index in [1.165, 1.54) is 24.3 Å². The summed E-state index contributed by atoms with van der Waals surface area (Å²) in [6, 6.07) is 8.33. The molecular formula is C30H34FN7O3. The maximum atomic E-state index is 14.8. The van der Waals surface area contributed by atoms with Gasteiger partial charge in [0.1, 0.15) is 29.8 Å². The maximum absolute atomic E-state index is 14.8. The molecule has 0 bridgehead atoms. The largest absolute Gasteiger partial charge is 0.508 e. The average Bonchev–Trinajstić information content (AvgIpc) is 3.40. The van der Waals surface area contributed by atoms with E-state index in [0.717, 1.165) is 24.9 Å². The molecule has 41 heavy (non-hydrogen) atoms. The number of fused-ring (bicyclic) bond motifs is 1. The Labute approximate surface area is 239 Å². The second-order valence-corrected chi connectivity index (χ2v) is 10.8. The highest BCUT2D eigenvalue weighted by atomic mass is 19.1. The van der Waals surface area contributed by atoms with Gasteiger partial charge in [-0.25, -0.2) is 9.37 Å². The number of nitriles is 2. The first kappa shape index (κ1) is 28.2. The second-order valence-electron chi connectivity index (χ2n) is 10.8. The number of piperazine rings is 1. The number of nitrogens with zero attached hydrogens (tertiary/aromatic N) is 7. The molecule has 2 atom stereocenters. The van der Waals surface area contributed by atoms with Crippen LogP contribution in [0, 0.1) is 28.5 Å². The van der Waals surface area contributed by atoms with Gasteiger partial charge >= 0.3 is 0 Å². The number of aromatic nitrogens is 1. The number of hydrogen-bond acceptors (Lipinski definition) is 9. The van der Waals surface area contributed by atoms with E-state index in [9.17, 15) is 24.8 Å². The van der Waals surface area contributed by atoms with Gasteiger partial charge in [0.2, 0.25) is 11.8 Å². The van der Waals surface area contributed by atoms with Crippen molar-refractivity contribution in [2.24, 2.45) is 0 Å². The van der Waals surface area contributed by atoms with E-state index in [-0.39, 0.29) is 48.3 Å². The van der Waals surface area contributed by atoms with Gasteiger partial charge < -0.3 is 29.4 Å². The predicted octanol–water partition coefficient (Wildman–Crippen LogP) is 2.95. The third-order valence-corrected chi connectivity index (χ3v) is 8.34. The number of ether oxygens (including phenoxy) is 1. The molecule has 2 saturated heterocycles. The van der Waals surface area contributed by atoms with Crippen molar-refractivity contribution < 1.29 is 19.0 Å². The van der Waals surface area contributed by atoms with Crippen LogP contribution in [-0.2, 0) is 17.8 Å². The van der Waals surface area contributed by atoms with E-state index in [4.69, 9.17) is 9.72 Å². The van der Waals surface area contributed by atoms with Crippen molar-refractivity contribution in [1.82, 2.24) is 14.8 Å². The van der Waals surface area contributed by atoms with Gasteiger partial charge in [-0.05, 0) is 51.1 Å². The standard InChI is InChI=1S/C30H34FN7O3/c1-3-28(40)38-14-13-37(17-20(38)8-10-32)29-23-9-12-36(27-15-22(39)6-7-25(27)31)18-26(23)34-30(24(29)16-33)41-19-21-5-4-11-35(21)2/h3,6-7,15,20-21,39H,1,4-5,8-9,11-14,17-19H2,2H3. The van der Waals surface area contributed by atoms with Crippen LogP contribution < -0.4 is 14.5 Å². The molecule has 2 unspecified atom stereocenters. The Morgan fingerprint density at radius 2 is 2.07 bits per heavy atom. The normalized spacial score (nSPS) is 20.7. The van der Waals surface area contributed by atoms with Gasteiger partial charge in [0.15, 0.2) is 0 Å². The summed E-state index contributed by atoms with van der Waals surface area (Å²) in [5.74, 6) is -0.457. The van der Waals surface area contributed by atoms with Gasteiger partial charge in [0, 0.05) is 43.9 Å². The molecule has 3 aliphatic heterocycles. The molecule has 1 amide bonds. The molecule has 5 rings (SSSR count). The summed E-state index contributed by atoms with van der Waals surface area (Å²) < 4.78 is 21.0. The Morgan fingerprint density at radius 1 is 1.24 bits per heavy atom. The van der Waals surface area contributed by atoms with Crippen LogP contribution in [0.4, 0.5) is 15.8 Å². The van der Waals surface area contributed by atoms with Crippen LogP contribution in [0.5, 0.6) is 11.6 Å². The Kier molecular flexibility index (Phi) is 8.27. The molecule has 3 aliphatic rings. The number of carbonyl (C=O) groups excluding carboxylic acids is 1. The summed E-state index contributed by atoms with van der Waals surface area (Å²) in [5, 5.41) is 29.9. The summed E-state index contributed by atoms with van der Waals surface area (Å²) >= 11 is 0. The van der Waals surface area contributed by atoms with Gasteiger partial charge in [-0.2, -0.15) is 10.5 Å². The fourth-order valence-corrected chi connectivity index (χ4v) is 6.15. The molecule has 1 N–H and O–H groups in total. The lowest BCUT2D eigenvalue weighted by Gasteiger charge is -2.43. The number of amides is 1. The quantitative estimate of drug-likeness (QED) is 0.511. The van der Waals surface area contributed by atoms with Crippen LogP contribution in [0.2, 0.25) is 0 Å². The van der Waals surface area contributed by atoms with Crippen LogP contribution in [0.1, 0.15) is 36.1 Å². The van der Waals surface area contributed by atoms with Crippen molar-refractivity contribution in [2.45, 2.75) is 44.3 Å². The first-order chi connectivity index (χ1) is 19.8. The van der Waals surface area contributed by atoms with Gasteiger partial charge in [-0.15, -0.1) is 0 Å². The highest BCUT2D eigenvalue weighted by molar-refractivity contribution is 5.87. The monoisotopic (exact) mass is 559 g/mol. The summed E-state index contributed by atoms with van der Waals surface area (Å²) in [5.41, 5.74) is 2.87. The average molecular weight is 560 g/mol. The summed E-state index contributed by atoms with van der Waals surface area (Å²) in [7, 11) is 2.05. The predicted molar refractivity (Wildman–Crippen MR) is 151 cm³/mol. The lowest BCUT2D eigenvalue weighted by Crippen LogP contribution is -2.55. The highest BCUT2D eigenvalue weighted by Crippen LogP contribution is 2.39. The van der Waals surface area contributed by atoms with E-state index >= 15 is 0 Å². The minimum absolute atomic E-state index is 0.0270. The lowest BCUT2D eigenvalue weighted by molar-refractivity contribution is -0.128. The number of anilines is 2. The zero-order valence-electron chi connectivity index (χ0n) is 23.2. The number of hydrogen-bond donors (Lipinski definition) is 1. The highest BCUT2D eigenvalue weighted by Gasteiger charge is 2.35. The molecule has 11 heteroatoms. The lowest BCUT2D eigenvalue weighted by atomic mass is 9.96. The van der Waals surface area contributed by atoms with Crippen LogP contribution >= 0.6 is 0 Å². The fourth-order valence-electron chi connectivity index (χ4n) is 6.15. The number of aromatic hydroxyl groups is 1. The molecule has 0 radical (unpaired) electrons. The Hall–Kier alpha value is -4.35. The summed E-state index contributed by atoms with van der Waals surface area (Å²) in [6.07, 6.45) is 3.97. The number of phenolic OH excluding ortho intramolecular Hbond substituents is 1. The minimum Gasteiger partial charge on any atom is -0.508 e. The number of rotatable bonds is 7. The van der Waals surface area contributed by atoms with E-state index < -0.39 is 5.82 Å². The Bertz CT molecular complexity index is 1420. The SMILES string of the molecule is C=CC(=O)N1CCN(c2c(C#N)c(OCC3CCCN3C)nc3c2CCN(c2cc(O)ccc2F)C3)CC1CC#N. The molecule has 0 spiro atoms. The molecule has 214 valence electrons. The third kappa shape index (κ3) is 5.63. The molecule has 0 aliphatic carbocycles. The van der Waals surface area contributed by atoms with E-state index in [1.54, 1.807) is 4.90 Å². The molecule has 1 aromatic carbocycles. The van der Waals surface area contributed by atoms with Crippen molar-refractivity contribution in [2.75, 3.05) is 56.2 Å². The topological polar surface area (TPSA) is 120 Å². The molecule has 1 aromatic heterocycles. The van der Waals surface area contributed by atoms with Gasteiger partial charge in [-0.3, -0.25) is 4.79 Å². The van der Waals surface area contributed by atoms with Crippen LogP contribution in [0.3, 0.4) is 0 Å². The van der Waals surface area contributed by atoms with Crippen molar-refractivity contribution in [3.05, 3.63) is 53.5 Å². The second kappa shape index (κ2) is 12.0. The first-order valence-corrected chi connectivity index (χ1v) is 13.9. The summed E-state index contributed by atoms with van der Waals surface area (Å²) in [6.45, 7) is 6.91. The number of pyridine rings is 1. The third-order valence-electron chi connectivity index (χ3n) is 8.34. The van der Waals surface area contributed by atoms with Crippen LogP contribution in [0.15, 0.2) is 30.9 Å². The minimum atomic E-state index is -0.441. The summed E-state index contributed by atoms with van der Waals surface area (Å²) in [4.78, 5) is 25.1. The number of halogens is 1. The zero-order chi connectivity index (χ0) is 29.1. The van der Waals surface area contributed by atoms with E-state index in [0.29, 0.717) is 56.2 Å². The molecule has 2 fully saturated rings. The molecule has 10 nitrogen and oxygen atoms in total. The van der Waals surface area contributed by atoms with E-state index in [2.05, 4.69) is 35.6 Å². The van der Waals surface area contributed by atoms with Gasteiger partial charge in [-0.1, -0.05) is 6.58 Å². The Morgan fingerprint density at radius 3 is 2.78 bits per heavy atom. The van der Waals surface area contributed by atoms with Crippen LogP contribution in [0.25, 0.3) is 0 Å².